The van der Waals surface area contributed by atoms with Crippen molar-refractivity contribution in [1.82, 2.24) is 9.29 Å². The van der Waals surface area contributed by atoms with Crippen LogP contribution in [-0.2, 0) is 14.8 Å². The zero-order valence-corrected chi connectivity index (χ0v) is 16.9. The number of hydrogen-bond donors (Lipinski definition) is 0. The number of rotatable bonds is 5. The molecule has 0 bridgehead atoms. The molecule has 3 aliphatic rings. The van der Waals surface area contributed by atoms with Crippen molar-refractivity contribution in [3.8, 4) is 0 Å². The van der Waals surface area contributed by atoms with Crippen molar-refractivity contribution in [2.45, 2.75) is 74.9 Å². The van der Waals surface area contributed by atoms with E-state index in [1.54, 1.807) is 10.4 Å². The number of anilines is 1. The molecule has 1 saturated carbocycles. The van der Waals surface area contributed by atoms with Crippen LogP contribution in [0, 0.1) is 0 Å². The predicted molar refractivity (Wildman–Crippen MR) is 105 cm³/mol. The molecular formula is C20H31N3O3S. The van der Waals surface area contributed by atoms with Crippen LogP contribution in [0.4, 0.5) is 5.82 Å². The normalized spacial score (nSPS) is 23.8. The molecule has 150 valence electrons. The first kappa shape index (κ1) is 19.2. The Morgan fingerprint density at radius 3 is 2.15 bits per heavy atom. The molecule has 0 unspecified atom stereocenters. The molecular weight excluding hydrogens is 362 g/mol. The molecule has 1 aromatic rings. The minimum absolute atomic E-state index is 0.309. The number of nitrogens with zero attached hydrogens (tertiary/aromatic N) is 3. The first-order valence-electron chi connectivity index (χ1n) is 10.5. The fourth-order valence-electron chi connectivity index (χ4n) is 4.48. The summed E-state index contributed by atoms with van der Waals surface area (Å²) in [4.78, 5) is 7.01. The summed E-state index contributed by atoms with van der Waals surface area (Å²) >= 11 is 0. The van der Waals surface area contributed by atoms with E-state index in [-0.39, 0.29) is 0 Å². The Balaban J connectivity index is 1.32. The summed E-state index contributed by atoms with van der Waals surface area (Å²) < 4.78 is 33.1. The number of aromatic nitrogens is 1. The Morgan fingerprint density at radius 1 is 0.852 bits per heavy atom. The Labute approximate surface area is 163 Å². The minimum Gasteiger partial charge on any atom is -0.375 e. The van der Waals surface area contributed by atoms with Crippen LogP contribution in [0.1, 0.15) is 57.8 Å². The van der Waals surface area contributed by atoms with Gasteiger partial charge in [-0.15, -0.1) is 0 Å². The second-order valence-corrected chi connectivity index (χ2v) is 9.98. The fraction of sp³-hybridized carbons (Fsp3) is 0.750. The highest BCUT2D eigenvalue weighted by atomic mass is 32.2. The van der Waals surface area contributed by atoms with Gasteiger partial charge in [-0.05, 0) is 50.7 Å². The second-order valence-electron chi connectivity index (χ2n) is 8.05. The van der Waals surface area contributed by atoms with Crippen molar-refractivity contribution in [2.75, 3.05) is 31.1 Å². The molecule has 0 radical (unpaired) electrons. The third-order valence-electron chi connectivity index (χ3n) is 6.13. The monoisotopic (exact) mass is 393 g/mol. The molecule has 27 heavy (non-hydrogen) atoms. The van der Waals surface area contributed by atoms with Crippen LogP contribution in [0.3, 0.4) is 0 Å². The van der Waals surface area contributed by atoms with E-state index in [1.165, 1.54) is 38.3 Å². The van der Waals surface area contributed by atoms with E-state index in [4.69, 9.17) is 4.74 Å². The number of ether oxygens (including phenoxy) is 1. The first-order chi connectivity index (χ1) is 13.1. The molecule has 2 aliphatic heterocycles. The van der Waals surface area contributed by atoms with Gasteiger partial charge in [0.25, 0.3) is 0 Å². The highest BCUT2D eigenvalue weighted by Gasteiger charge is 2.28. The third-order valence-corrected chi connectivity index (χ3v) is 8.01. The molecule has 0 aromatic carbocycles. The maximum absolute atomic E-state index is 12.6. The summed E-state index contributed by atoms with van der Waals surface area (Å²) in [5.41, 5.74) is 0. The van der Waals surface area contributed by atoms with Gasteiger partial charge in [0.1, 0.15) is 10.7 Å². The number of piperidine rings is 1. The standard InChI is InChI=1S/C20H31N3O3S/c24-27(25,23-12-4-5-13-23)19-8-9-20(21-16-19)22-14-10-18(11-15-22)26-17-6-2-1-3-7-17/h8-9,16-18H,1-7,10-15H2. The Kier molecular flexibility index (Phi) is 5.99. The molecule has 0 N–H and O–H groups in total. The lowest BCUT2D eigenvalue weighted by Crippen LogP contribution is -2.39. The third kappa shape index (κ3) is 4.46. The van der Waals surface area contributed by atoms with Crippen LogP contribution in [0.25, 0.3) is 0 Å². The predicted octanol–water partition coefficient (Wildman–Crippen LogP) is 3.18. The molecule has 2 saturated heterocycles. The summed E-state index contributed by atoms with van der Waals surface area (Å²) in [7, 11) is -3.38. The molecule has 0 spiro atoms. The molecule has 3 fully saturated rings. The number of sulfonamides is 1. The van der Waals surface area contributed by atoms with Gasteiger partial charge in [0, 0.05) is 32.4 Å². The number of hydrogen-bond acceptors (Lipinski definition) is 5. The van der Waals surface area contributed by atoms with Gasteiger partial charge in [-0.3, -0.25) is 0 Å². The van der Waals surface area contributed by atoms with E-state index in [0.29, 0.717) is 30.2 Å². The highest BCUT2D eigenvalue weighted by Crippen LogP contribution is 2.27. The van der Waals surface area contributed by atoms with Crippen molar-refractivity contribution in [1.29, 1.82) is 0 Å². The van der Waals surface area contributed by atoms with E-state index < -0.39 is 10.0 Å². The zero-order chi connectivity index (χ0) is 18.7. The average Bonchev–Trinajstić information content (AvgIpc) is 3.25. The minimum atomic E-state index is -3.38. The molecule has 7 heteroatoms. The van der Waals surface area contributed by atoms with Crippen LogP contribution in [0.2, 0.25) is 0 Å². The lowest BCUT2D eigenvalue weighted by atomic mass is 9.97. The highest BCUT2D eigenvalue weighted by molar-refractivity contribution is 7.89. The van der Waals surface area contributed by atoms with Gasteiger partial charge in [0.2, 0.25) is 10.0 Å². The summed E-state index contributed by atoms with van der Waals surface area (Å²) in [6.07, 6.45) is 12.7. The van der Waals surface area contributed by atoms with E-state index >= 15 is 0 Å². The molecule has 1 aliphatic carbocycles. The van der Waals surface area contributed by atoms with Crippen LogP contribution < -0.4 is 4.90 Å². The van der Waals surface area contributed by atoms with Gasteiger partial charge in [-0.1, -0.05) is 19.3 Å². The fourth-order valence-corrected chi connectivity index (χ4v) is 5.95. The largest absolute Gasteiger partial charge is 0.375 e. The zero-order valence-electron chi connectivity index (χ0n) is 16.1. The second kappa shape index (κ2) is 8.45. The van der Waals surface area contributed by atoms with E-state index in [2.05, 4.69) is 9.88 Å². The quantitative estimate of drug-likeness (QED) is 0.769. The van der Waals surface area contributed by atoms with Gasteiger partial charge < -0.3 is 9.64 Å². The van der Waals surface area contributed by atoms with Gasteiger partial charge in [0.05, 0.1) is 12.2 Å². The van der Waals surface area contributed by atoms with Gasteiger partial charge in [-0.25, -0.2) is 13.4 Å². The lowest BCUT2D eigenvalue weighted by Gasteiger charge is -2.35. The van der Waals surface area contributed by atoms with Crippen LogP contribution in [-0.4, -0.2) is 56.1 Å². The molecule has 0 amide bonds. The van der Waals surface area contributed by atoms with E-state index in [0.717, 1.165) is 44.6 Å². The van der Waals surface area contributed by atoms with Crippen LogP contribution >= 0.6 is 0 Å². The Morgan fingerprint density at radius 2 is 1.52 bits per heavy atom. The SMILES string of the molecule is O=S(=O)(c1ccc(N2CCC(OC3CCCCC3)CC2)nc1)N1CCCC1. The van der Waals surface area contributed by atoms with E-state index in [1.807, 2.05) is 6.07 Å². The summed E-state index contributed by atoms with van der Waals surface area (Å²) in [5.74, 6) is 0.867. The van der Waals surface area contributed by atoms with Crippen LogP contribution in [0.5, 0.6) is 0 Å². The smallest absolute Gasteiger partial charge is 0.244 e. The summed E-state index contributed by atoms with van der Waals surface area (Å²) in [6, 6.07) is 3.56. The van der Waals surface area contributed by atoms with Crippen molar-refractivity contribution in [2.24, 2.45) is 0 Å². The van der Waals surface area contributed by atoms with Crippen molar-refractivity contribution < 1.29 is 13.2 Å². The lowest BCUT2D eigenvalue weighted by molar-refractivity contribution is -0.0395. The topological polar surface area (TPSA) is 62.7 Å². The maximum atomic E-state index is 12.6. The van der Waals surface area contributed by atoms with Crippen molar-refractivity contribution in [3.05, 3.63) is 18.3 Å². The molecule has 3 heterocycles. The maximum Gasteiger partial charge on any atom is 0.244 e. The Hall–Kier alpha value is -1.18. The van der Waals surface area contributed by atoms with Gasteiger partial charge in [0.15, 0.2) is 0 Å². The average molecular weight is 394 g/mol. The molecule has 1 aromatic heterocycles. The first-order valence-corrected chi connectivity index (χ1v) is 11.9. The summed E-state index contributed by atoms with van der Waals surface area (Å²) in [5, 5.41) is 0. The van der Waals surface area contributed by atoms with Crippen LogP contribution in [0.15, 0.2) is 23.2 Å². The molecule has 0 atom stereocenters. The van der Waals surface area contributed by atoms with Gasteiger partial charge >= 0.3 is 0 Å². The van der Waals surface area contributed by atoms with Crippen molar-refractivity contribution >= 4 is 15.8 Å². The molecule has 6 nitrogen and oxygen atoms in total. The van der Waals surface area contributed by atoms with Gasteiger partial charge in [-0.2, -0.15) is 4.31 Å². The van der Waals surface area contributed by atoms with E-state index in [9.17, 15) is 8.42 Å². The van der Waals surface area contributed by atoms with Crippen molar-refractivity contribution in [3.63, 3.8) is 0 Å². The Bertz CT molecular complexity index is 702. The molecule has 4 rings (SSSR count). The number of pyridine rings is 1. The summed E-state index contributed by atoms with van der Waals surface area (Å²) in [6.45, 7) is 3.09.